The van der Waals surface area contributed by atoms with Crippen molar-refractivity contribution in [3.05, 3.63) is 171 Å². The van der Waals surface area contributed by atoms with E-state index in [4.69, 9.17) is 5.41 Å². The highest BCUT2D eigenvalue weighted by atomic mass is 16.1. The highest BCUT2D eigenvalue weighted by molar-refractivity contribution is 6.19. The fourth-order valence-corrected chi connectivity index (χ4v) is 9.21. The highest BCUT2D eigenvalue weighted by Crippen LogP contribution is 2.51. The normalized spacial score (nSPS) is 15.3. The van der Waals surface area contributed by atoms with Crippen molar-refractivity contribution in [2.45, 2.75) is 38.5 Å². The zero-order valence-electron chi connectivity index (χ0n) is 29.1. The molecule has 2 aliphatic rings. The Morgan fingerprint density at radius 2 is 1.14 bits per heavy atom. The molecule has 10 rings (SSSR count). The molecule has 0 aliphatic heterocycles. The molecule has 3 heteroatoms. The summed E-state index contributed by atoms with van der Waals surface area (Å²) in [5.41, 5.74) is 16.0. The maximum atomic E-state index is 14.0. The molecule has 244 valence electrons. The predicted molar refractivity (Wildman–Crippen MR) is 214 cm³/mol. The Hall–Kier alpha value is -6.06. The lowest BCUT2D eigenvalue weighted by molar-refractivity contribution is 0.660. The molecule has 0 bridgehead atoms. The summed E-state index contributed by atoms with van der Waals surface area (Å²) >= 11 is 0. The Balaban J connectivity index is 1.19. The number of hydrogen-bond acceptors (Lipinski definition) is 2. The van der Waals surface area contributed by atoms with E-state index in [0.717, 1.165) is 49.5 Å². The molecule has 0 amide bonds. The van der Waals surface area contributed by atoms with Crippen LogP contribution in [0.15, 0.2) is 132 Å². The van der Waals surface area contributed by atoms with E-state index in [9.17, 15) is 4.79 Å². The van der Waals surface area contributed by atoms with Crippen molar-refractivity contribution >= 4 is 44.9 Å². The Morgan fingerprint density at radius 3 is 1.82 bits per heavy atom. The summed E-state index contributed by atoms with van der Waals surface area (Å²) in [6.07, 6.45) is 5.50. The maximum Gasteiger partial charge on any atom is 0.263 e. The molecule has 0 unspecified atom stereocenters. The number of aromatic nitrogens is 1. The van der Waals surface area contributed by atoms with Gasteiger partial charge < -0.3 is 5.41 Å². The van der Waals surface area contributed by atoms with Crippen LogP contribution in [0.4, 0.5) is 0 Å². The largest absolute Gasteiger partial charge is 0.308 e. The molecule has 0 saturated heterocycles. The number of hydrogen-bond donors (Lipinski definition) is 1. The van der Waals surface area contributed by atoms with E-state index < -0.39 is 0 Å². The third-order valence-corrected chi connectivity index (χ3v) is 11.9. The van der Waals surface area contributed by atoms with Crippen molar-refractivity contribution in [3.8, 4) is 33.4 Å². The zero-order valence-corrected chi connectivity index (χ0v) is 29.1. The van der Waals surface area contributed by atoms with Crippen LogP contribution in [0.3, 0.4) is 0 Å². The summed E-state index contributed by atoms with van der Waals surface area (Å²) in [6, 6.07) is 43.3. The van der Waals surface area contributed by atoms with Gasteiger partial charge in [0.1, 0.15) is 0 Å². The van der Waals surface area contributed by atoms with Gasteiger partial charge in [0.15, 0.2) is 0 Å². The molecule has 0 radical (unpaired) electrons. The van der Waals surface area contributed by atoms with Crippen molar-refractivity contribution in [2.75, 3.05) is 0 Å². The minimum atomic E-state index is -0.141. The molecule has 0 atom stereocenters. The van der Waals surface area contributed by atoms with Gasteiger partial charge in [-0.25, -0.2) is 0 Å². The summed E-state index contributed by atoms with van der Waals surface area (Å²) in [5.74, 6) is 0. The fraction of sp³-hybridized carbons (Fsp3) is 0.125. The fourth-order valence-electron chi connectivity index (χ4n) is 9.21. The summed E-state index contributed by atoms with van der Waals surface area (Å²) in [6.45, 7) is 9.20. The van der Waals surface area contributed by atoms with Crippen LogP contribution in [0.5, 0.6) is 0 Å². The van der Waals surface area contributed by atoms with Crippen LogP contribution in [0.25, 0.3) is 72.1 Å². The number of pyridine rings is 1. The number of rotatable bonds is 4. The quantitative estimate of drug-likeness (QED) is 0.149. The Labute approximate surface area is 297 Å². The van der Waals surface area contributed by atoms with Gasteiger partial charge in [-0.15, -0.1) is 0 Å². The third kappa shape index (κ3) is 4.00. The van der Waals surface area contributed by atoms with E-state index >= 15 is 0 Å². The number of nitrogens with one attached hydrogen (secondary N) is 1. The summed E-state index contributed by atoms with van der Waals surface area (Å²) in [7, 11) is 0. The molecular weight excluding hydrogens is 621 g/mol. The monoisotopic (exact) mass is 656 g/mol. The van der Waals surface area contributed by atoms with Gasteiger partial charge in [-0.05, 0) is 109 Å². The van der Waals surface area contributed by atoms with Gasteiger partial charge in [0.05, 0.1) is 5.52 Å². The zero-order chi connectivity index (χ0) is 34.8. The number of benzene rings is 6. The number of nitrogens with zero attached hydrogens (tertiary/aromatic N) is 1. The molecule has 51 heavy (non-hydrogen) atoms. The van der Waals surface area contributed by atoms with Crippen LogP contribution in [-0.4, -0.2) is 10.6 Å². The van der Waals surface area contributed by atoms with Crippen molar-refractivity contribution in [2.24, 2.45) is 0 Å². The summed E-state index contributed by atoms with van der Waals surface area (Å²) < 4.78 is 1.81. The first-order valence-corrected chi connectivity index (χ1v) is 17.7. The molecule has 0 spiro atoms. The Bertz CT molecular complexity index is 2900. The minimum absolute atomic E-state index is 0.0269. The first kappa shape index (κ1) is 29.8. The molecule has 8 aromatic rings. The standard InChI is InChI=1S/C48H36N2O/c1-47(2)41-15-9-7-12-34(41)36-19-17-28(24-43(36)47)30-22-39-32(27-50-45(39)40(23-30)33-11-5-6-14-38(33)46(50)51)21-31(26-49)29-18-20-37-35-13-8-10-16-42(35)48(3,4)44(37)25-29/h5-27,49H,1-4H3. The molecule has 0 saturated carbocycles. The van der Waals surface area contributed by atoms with Crippen LogP contribution in [-0.2, 0) is 10.8 Å². The van der Waals surface area contributed by atoms with E-state index in [1.807, 2.05) is 28.8 Å². The average Bonchev–Trinajstić information content (AvgIpc) is 3.72. The Kier molecular flexibility index (Phi) is 5.99. The van der Waals surface area contributed by atoms with Gasteiger partial charge >= 0.3 is 0 Å². The molecule has 2 aromatic heterocycles. The average molecular weight is 657 g/mol. The molecular formula is C48H36N2O. The number of fused-ring (bicyclic) bond motifs is 8. The van der Waals surface area contributed by atoms with Crippen LogP contribution < -0.4 is 5.56 Å². The summed E-state index contributed by atoms with van der Waals surface area (Å²) in [4.78, 5) is 14.0. The Morgan fingerprint density at radius 1 is 0.569 bits per heavy atom. The van der Waals surface area contributed by atoms with Gasteiger partial charge in [-0.3, -0.25) is 9.20 Å². The van der Waals surface area contributed by atoms with E-state index in [0.29, 0.717) is 5.39 Å². The summed E-state index contributed by atoms with van der Waals surface area (Å²) in [5, 5.41) is 12.3. The minimum Gasteiger partial charge on any atom is -0.308 e. The van der Waals surface area contributed by atoms with Gasteiger partial charge in [-0.1, -0.05) is 119 Å². The molecule has 6 aromatic carbocycles. The van der Waals surface area contributed by atoms with Crippen LogP contribution >= 0.6 is 0 Å². The van der Waals surface area contributed by atoms with Crippen LogP contribution in [0, 0.1) is 5.41 Å². The molecule has 2 aliphatic carbocycles. The second kappa shape index (κ2) is 10.2. The van der Waals surface area contributed by atoms with Crippen molar-refractivity contribution in [1.29, 1.82) is 5.41 Å². The maximum absolute atomic E-state index is 14.0. The van der Waals surface area contributed by atoms with E-state index in [1.165, 1.54) is 50.7 Å². The van der Waals surface area contributed by atoms with Gasteiger partial charge in [0, 0.05) is 45.0 Å². The van der Waals surface area contributed by atoms with Crippen LogP contribution in [0.1, 0.15) is 61.1 Å². The van der Waals surface area contributed by atoms with Crippen molar-refractivity contribution < 1.29 is 0 Å². The molecule has 2 heterocycles. The SMILES string of the molecule is CC1(C)c2ccccc2-c2ccc(C(C=N)=Cc3cn4c(=O)c5ccccc5c5cc(-c6ccc7c(c6)C(C)(C)c6ccccc6-7)cc3c54)cc21. The molecule has 0 fully saturated rings. The van der Waals surface area contributed by atoms with Gasteiger partial charge in [0.2, 0.25) is 0 Å². The lowest BCUT2D eigenvalue weighted by Crippen LogP contribution is -2.15. The second-order valence-corrected chi connectivity index (χ2v) is 15.3. The van der Waals surface area contributed by atoms with Crippen LogP contribution in [0.2, 0.25) is 0 Å². The predicted octanol–water partition coefficient (Wildman–Crippen LogP) is 11.5. The molecule has 3 nitrogen and oxygen atoms in total. The van der Waals surface area contributed by atoms with E-state index in [2.05, 4.69) is 137 Å². The first-order chi connectivity index (χ1) is 24.7. The van der Waals surface area contributed by atoms with E-state index in [1.54, 1.807) is 0 Å². The lowest BCUT2D eigenvalue weighted by Gasteiger charge is -2.22. The van der Waals surface area contributed by atoms with Crippen molar-refractivity contribution in [1.82, 2.24) is 4.40 Å². The smallest absolute Gasteiger partial charge is 0.263 e. The lowest BCUT2D eigenvalue weighted by atomic mass is 9.81. The van der Waals surface area contributed by atoms with Gasteiger partial charge in [-0.2, -0.15) is 0 Å². The van der Waals surface area contributed by atoms with E-state index in [-0.39, 0.29) is 16.4 Å². The topological polar surface area (TPSA) is 45.3 Å². The first-order valence-electron chi connectivity index (χ1n) is 17.7. The van der Waals surface area contributed by atoms with Gasteiger partial charge in [0.25, 0.3) is 5.56 Å². The third-order valence-electron chi connectivity index (χ3n) is 11.9. The van der Waals surface area contributed by atoms with Crippen molar-refractivity contribution in [3.63, 3.8) is 0 Å². The second-order valence-electron chi connectivity index (χ2n) is 15.3. The molecule has 1 N–H and O–H groups in total. The number of allylic oxidation sites excluding steroid dienone is 1. The highest BCUT2D eigenvalue weighted by Gasteiger charge is 2.36.